The minimum Gasteiger partial charge on any atom is -0.480 e. The number of carbonyl (C=O) groups excluding carboxylic acids is 5. The van der Waals surface area contributed by atoms with Gasteiger partial charge >= 0.3 is 18.2 Å². The number of aromatic nitrogens is 4. The number of nitrogens with one attached hydrogen (secondary N) is 2. The Balaban J connectivity index is 0.000000297. The van der Waals surface area contributed by atoms with E-state index in [0.717, 1.165) is 36.3 Å². The van der Waals surface area contributed by atoms with Crippen molar-refractivity contribution >= 4 is 64.2 Å². The van der Waals surface area contributed by atoms with Gasteiger partial charge in [-0.3, -0.25) is 43.9 Å². The lowest BCUT2D eigenvalue weighted by atomic mass is 10.0. The number of likely N-dealkylation sites (N-methyl/N-ethyl adjacent to an activating group) is 2. The number of halogens is 2. The number of carbonyl (C=O) groups is 6. The van der Waals surface area contributed by atoms with E-state index in [2.05, 4.69) is 67.8 Å². The summed E-state index contributed by atoms with van der Waals surface area (Å²) < 4.78 is 40.8. The number of Topliss-reactive ketones (excluding diaryl/α,β-unsaturated/α-hetero) is 1. The molecule has 0 saturated carbocycles. The molecule has 0 aliphatic carbocycles. The Bertz CT molecular complexity index is 3270. The van der Waals surface area contributed by atoms with E-state index in [4.69, 9.17) is 10.8 Å². The number of anilines is 1. The van der Waals surface area contributed by atoms with Crippen LogP contribution in [-0.4, -0.2) is 136 Å². The number of ketones is 1. The van der Waals surface area contributed by atoms with Gasteiger partial charge in [-0.2, -0.15) is 0 Å². The van der Waals surface area contributed by atoms with Crippen LogP contribution in [0.2, 0.25) is 0 Å². The number of alkyl carbamates (subject to hydrolysis) is 2. The lowest BCUT2D eigenvalue weighted by molar-refractivity contribution is -0.139. The van der Waals surface area contributed by atoms with E-state index in [1.807, 2.05) is 6.92 Å². The first-order chi connectivity index (χ1) is 39.1. The number of amides is 4. The zero-order chi connectivity index (χ0) is 61.8. The van der Waals surface area contributed by atoms with Crippen molar-refractivity contribution in [1.82, 2.24) is 39.5 Å². The number of fused-ring (bicyclic) bond motifs is 2. The van der Waals surface area contributed by atoms with Crippen LogP contribution in [0.25, 0.3) is 0 Å². The molecule has 5 N–H and O–H groups in total. The molecule has 6 heterocycles. The Morgan fingerprint density at radius 1 is 0.687 bits per heavy atom. The van der Waals surface area contributed by atoms with Gasteiger partial charge in [-0.25, -0.2) is 23.2 Å². The van der Waals surface area contributed by atoms with Gasteiger partial charge in [-0.05, 0) is 94.6 Å². The molecule has 2 atom stereocenters. The van der Waals surface area contributed by atoms with Crippen molar-refractivity contribution in [1.29, 1.82) is 0 Å². The van der Waals surface area contributed by atoms with Crippen molar-refractivity contribution < 1.29 is 52.1 Å². The molecule has 0 saturated heterocycles. The summed E-state index contributed by atoms with van der Waals surface area (Å²) >= 11 is 0. The van der Waals surface area contributed by atoms with Crippen LogP contribution in [0.4, 0.5) is 35.4 Å². The first kappa shape index (κ1) is 66.8. The Hall–Kier alpha value is -8.70. The second-order valence-corrected chi connectivity index (χ2v) is 21.2. The molecule has 6 rings (SSSR count). The van der Waals surface area contributed by atoms with Crippen LogP contribution in [0, 0.1) is 37.3 Å². The molecule has 4 amide bonds. The molecule has 0 radical (unpaired) electrons. The largest absolute Gasteiger partial charge is 0.480 e. The Labute approximate surface area is 481 Å². The predicted molar refractivity (Wildman–Crippen MR) is 312 cm³/mol. The number of allylic oxidation sites excluding steroid dienone is 2. The van der Waals surface area contributed by atoms with Gasteiger partial charge in [0.25, 0.3) is 11.1 Å². The van der Waals surface area contributed by atoms with Gasteiger partial charge in [0.15, 0.2) is 5.78 Å². The highest BCUT2D eigenvalue weighted by atomic mass is 19.1. The molecule has 2 aliphatic heterocycles. The lowest BCUT2D eigenvalue weighted by Gasteiger charge is -2.17. The number of ether oxygens (including phenoxy) is 2. The number of rotatable bonds is 22. The van der Waals surface area contributed by atoms with Crippen molar-refractivity contribution in [2.75, 3.05) is 48.1 Å². The number of hydrogen-bond acceptors (Lipinski definition) is 15. The standard InChI is InChI=1S/C30H38FN5O5.C18H21FN4O.C11H18N2O5/c1-18(2)13-25-28-22(23(31)16-32-25)15-21(33-28)17-36-19(3)11-12-20(29(36)39)14-26(37)24(34-30(40)41-6)9-7-8-10-27(38)35(4)5;1-10(2)6-16-17-13(14(19)8-21-16)7-12(22-17)9-23-11(3)4-5-15(20)18(23)24;1-13(2)9(14)7-5-4-6-8(10(15)16)12-11(17)18-3/h8,10-12,16,18,24H,7,9,13-15,17H2,1-6H3,(H,34,40);4-5,8,10H,6-7,9,20H2,1-3H3;5,7-8H,4,6H2,1-3H3,(H,12,17)(H,15,16)/b10-8+;;7-5+/t24-;;8-/m0.0/s1. The minimum absolute atomic E-state index is 0.149. The molecule has 0 bridgehead atoms. The topological polar surface area (TPSA) is 292 Å². The zero-order valence-electron chi connectivity index (χ0n) is 49.3. The van der Waals surface area contributed by atoms with Gasteiger partial charge in [-0.1, -0.05) is 45.9 Å². The van der Waals surface area contributed by atoms with Crippen LogP contribution in [0.1, 0.15) is 92.8 Å². The Morgan fingerprint density at radius 2 is 1.11 bits per heavy atom. The first-order valence-corrected chi connectivity index (χ1v) is 27.0. The summed E-state index contributed by atoms with van der Waals surface area (Å²) in [6.07, 6.45) is 9.88. The number of aryl methyl sites for hydroxylation is 2. The molecule has 0 spiro atoms. The number of pyridine rings is 4. The minimum atomic E-state index is -1.15. The van der Waals surface area contributed by atoms with Crippen LogP contribution in [0.15, 0.2) is 80.5 Å². The fraction of sp³-hybridized carbons (Fsp3) is 0.458. The fourth-order valence-corrected chi connectivity index (χ4v) is 8.55. The number of hydrogen-bond donors (Lipinski definition) is 4. The molecular formula is C59H77F2N11O11. The third-order valence-corrected chi connectivity index (χ3v) is 13.1. The highest BCUT2D eigenvalue weighted by Gasteiger charge is 2.27. The highest BCUT2D eigenvalue weighted by molar-refractivity contribution is 5.95. The second-order valence-electron chi connectivity index (χ2n) is 21.2. The van der Waals surface area contributed by atoms with Crippen molar-refractivity contribution in [3.8, 4) is 0 Å². The molecule has 4 aromatic heterocycles. The molecule has 22 nitrogen and oxygen atoms in total. The molecule has 83 heavy (non-hydrogen) atoms. The third kappa shape index (κ3) is 19.8. The number of nitrogen functional groups attached to an aromatic ring is 1. The Morgan fingerprint density at radius 3 is 1.53 bits per heavy atom. The van der Waals surface area contributed by atoms with Gasteiger partial charge in [-0.15, -0.1) is 0 Å². The van der Waals surface area contributed by atoms with Crippen LogP contribution < -0.4 is 27.5 Å². The maximum Gasteiger partial charge on any atom is 0.407 e. The summed E-state index contributed by atoms with van der Waals surface area (Å²) in [5, 5.41) is 13.6. The van der Waals surface area contributed by atoms with E-state index < -0.39 is 36.1 Å². The van der Waals surface area contributed by atoms with E-state index in [1.54, 1.807) is 76.1 Å². The number of aliphatic carboxylic acids is 1. The summed E-state index contributed by atoms with van der Waals surface area (Å²) in [6.45, 7) is 12.4. The SMILES string of the molecule is COC(=O)N[C@@H](CC/C=C/C(=O)N(C)C)C(=O)Cc1ccc(C)n(CC2=Nc3c(CC(C)C)ncc(F)c3C2)c1=O.COC(=O)N[C@@H](CC/C=C/C(=O)N(C)C)C(=O)O.Cc1ccc(N)c(=O)n1CC1=Nc2c(CC(C)C)ncc(F)c2C1. The first-order valence-electron chi connectivity index (χ1n) is 27.0. The van der Waals surface area contributed by atoms with Crippen LogP contribution >= 0.6 is 0 Å². The number of carboxylic acid groups (broad SMARTS) is 1. The van der Waals surface area contributed by atoms with E-state index >= 15 is 0 Å². The average Bonchev–Trinajstić information content (AvgIpc) is 4.09. The monoisotopic (exact) mass is 1150 g/mol. The maximum absolute atomic E-state index is 14.6. The van der Waals surface area contributed by atoms with Gasteiger partial charge in [0.05, 0.1) is 74.2 Å². The fourth-order valence-electron chi connectivity index (χ4n) is 8.55. The van der Waals surface area contributed by atoms with E-state index in [-0.39, 0.29) is 78.0 Å². The molecular weight excluding hydrogens is 1080 g/mol. The van der Waals surface area contributed by atoms with E-state index in [0.29, 0.717) is 78.0 Å². The number of aliphatic imine (C=N–C) groups is 2. The Kier molecular flexibility index (Phi) is 25.4. The molecule has 0 aromatic carbocycles. The van der Waals surface area contributed by atoms with E-state index in [1.165, 1.54) is 46.0 Å². The van der Waals surface area contributed by atoms with Crippen LogP contribution in [-0.2, 0) is 73.8 Å². The van der Waals surface area contributed by atoms with Gasteiger partial charge in [0.2, 0.25) is 11.8 Å². The molecule has 24 heteroatoms. The predicted octanol–water partition coefficient (Wildman–Crippen LogP) is 6.50. The lowest BCUT2D eigenvalue weighted by Crippen LogP contribution is -2.42. The maximum atomic E-state index is 14.6. The van der Waals surface area contributed by atoms with Crippen LogP contribution in [0.5, 0.6) is 0 Å². The highest BCUT2D eigenvalue weighted by Crippen LogP contribution is 2.34. The molecule has 4 aromatic rings. The molecule has 2 aliphatic rings. The number of nitrogens with two attached hydrogens (primary N) is 1. The van der Waals surface area contributed by atoms with Gasteiger partial charge < -0.3 is 49.9 Å². The molecule has 448 valence electrons. The van der Waals surface area contributed by atoms with Crippen molar-refractivity contribution in [3.63, 3.8) is 0 Å². The zero-order valence-corrected chi connectivity index (χ0v) is 49.3. The number of nitrogens with zero attached hydrogens (tertiary/aromatic N) is 8. The van der Waals surface area contributed by atoms with Crippen LogP contribution in [0.3, 0.4) is 0 Å². The summed E-state index contributed by atoms with van der Waals surface area (Å²) in [6, 6.07) is 4.80. The molecule has 0 unspecified atom stereocenters. The van der Waals surface area contributed by atoms with Crippen molar-refractivity contribution in [2.24, 2.45) is 21.8 Å². The van der Waals surface area contributed by atoms with Gasteiger partial charge in [0.1, 0.15) is 17.7 Å². The number of carboxylic acids is 1. The number of methoxy groups -OCH3 is 2. The quantitative estimate of drug-likeness (QED) is 0.0611. The summed E-state index contributed by atoms with van der Waals surface area (Å²) in [5.74, 6) is -1.91. The van der Waals surface area contributed by atoms with Crippen molar-refractivity contribution in [3.05, 3.63) is 133 Å². The summed E-state index contributed by atoms with van der Waals surface area (Å²) in [4.78, 5) is 116. The van der Waals surface area contributed by atoms with Gasteiger partial charge in [0, 0.05) is 87.0 Å². The normalized spacial score (nSPS) is 13.0. The summed E-state index contributed by atoms with van der Waals surface area (Å²) in [7, 11) is 8.84. The molecule has 0 fully saturated rings. The average molecular weight is 1150 g/mol. The van der Waals surface area contributed by atoms with E-state index in [9.17, 15) is 47.1 Å². The smallest absolute Gasteiger partial charge is 0.407 e. The van der Waals surface area contributed by atoms with Crippen molar-refractivity contribution in [2.45, 2.75) is 125 Å². The summed E-state index contributed by atoms with van der Waals surface area (Å²) in [5.41, 5.74) is 12.2. The third-order valence-electron chi connectivity index (χ3n) is 13.1. The second kappa shape index (κ2) is 31.5.